The number of carbonyl (C=O) groups is 2. The normalized spacial score (nSPS) is 15.0. The third-order valence-electron chi connectivity index (χ3n) is 6.76. The largest absolute Gasteiger partial charge is 0.554 e. The molecule has 11 nitrogen and oxygen atoms in total. The molecule has 1 aromatic carbocycles. The highest BCUT2D eigenvalue weighted by Gasteiger charge is 2.26. The van der Waals surface area contributed by atoms with Crippen molar-refractivity contribution in [2.75, 3.05) is 24.6 Å². The molecule has 0 aliphatic carbocycles. The fourth-order valence-corrected chi connectivity index (χ4v) is 5.10. The van der Waals surface area contributed by atoms with E-state index < -0.39 is 6.47 Å². The van der Waals surface area contributed by atoms with Crippen LogP contribution in [0.1, 0.15) is 46.1 Å². The number of H-pyrrole nitrogens is 1. The fourth-order valence-electron chi connectivity index (χ4n) is 5.10. The highest BCUT2D eigenvalue weighted by atomic mass is 16.5. The first-order valence-corrected chi connectivity index (χ1v) is 12.0. The molecule has 0 bridgehead atoms. The summed E-state index contributed by atoms with van der Waals surface area (Å²) in [4.78, 5) is 51.9. The van der Waals surface area contributed by atoms with E-state index >= 15 is 0 Å². The number of aromatic nitrogens is 5. The molecule has 1 fully saturated rings. The van der Waals surface area contributed by atoms with Gasteiger partial charge < -0.3 is 19.5 Å². The van der Waals surface area contributed by atoms with Crippen LogP contribution in [0.15, 0.2) is 47.7 Å². The molecule has 0 atom stereocenters. The van der Waals surface area contributed by atoms with E-state index in [0.29, 0.717) is 23.5 Å². The SMILES string of the molecule is Cc1cc(C(=O)c2cc(N3CCC(n4c(=O)[nH]c5ncccc54)CC3)ncn2)cc2c1OCC2.O=C[O-]. The Morgan fingerprint density at radius 1 is 1.19 bits per heavy atom. The van der Waals surface area contributed by atoms with Crippen molar-refractivity contribution < 1.29 is 19.4 Å². The fraction of sp³-hybridized carbons (Fsp3) is 0.308. The summed E-state index contributed by atoms with van der Waals surface area (Å²) in [6.07, 6.45) is 5.53. The Morgan fingerprint density at radius 2 is 1.97 bits per heavy atom. The molecule has 0 unspecified atom stereocenters. The molecule has 190 valence electrons. The average Bonchev–Trinajstić information content (AvgIpc) is 3.53. The van der Waals surface area contributed by atoms with E-state index in [1.807, 2.05) is 35.8 Å². The van der Waals surface area contributed by atoms with Gasteiger partial charge in [-0.05, 0) is 55.2 Å². The van der Waals surface area contributed by atoms with Crippen LogP contribution < -0.4 is 20.4 Å². The smallest absolute Gasteiger partial charge is 0.327 e. The van der Waals surface area contributed by atoms with Crippen molar-refractivity contribution >= 4 is 29.2 Å². The predicted octanol–water partition coefficient (Wildman–Crippen LogP) is 1.20. The van der Waals surface area contributed by atoms with Crippen LogP contribution >= 0.6 is 0 Å². The number of nitrogens with one attached hydrogen (secondary N) is 1. The Kier molecular flexibility index (Phi) is 6.67. The van der Waals surface area contributed by atoms with E-state index in [1.54, 1.807) is 12.3 Å². The molecule has 11 heteroatoms. The van der Waals surface area contributed by atoms with Gasteiger partial charge in [0.2, 0.25) is 5.78 Å². The number of fused-ring (bicyclic) bond motifs is 2. The van der Waals surface area contributed by atoms with Crippen molar-refractivity contribution in [3.8, 4) is 5.75 Å². The lowest BCUT2D eigenvalue weighted by atomic mass is 10.00. The number of hydrogen-bond acceptors (Lipinski definition) is 9. The molecule has 1 N–H and O–H groups in total. The second-order valence-electron chi connectivity index (χ2n) is 8.96. The minimum Gasteiger partial charge on any atom is -0.554 e. The number of imidazole rings is 1. The number of benzene rings is 1. The molecule has 0 spiro atoms. The highest BCUT2D eigenvalue weighted by Crippen LogP contribution is 2.31. The van der Waals surface area contributed by atoms with Crippen LogP contribution in [0.3, 0.4) is 0 Å². The van der Waals surface area contributed by atoms with E-state index in [0.717, 1.165) is 60.6 Å². The van der Waals surface area contributed by atoms with Crippen molar-refractivity contribution in [1.29, 1.82) is 0 Å². The zero-order valence-corrected chi connectivity index (χ0v) is 20.2. The van der Waals surface area contributed by atoms with Gasteiger partial charge in [-0.1, -0.05) is 0 Å². The third-order valence-corrected chi connectivity index (χ3v) is 6.76. The van der Waals surface area contributed by atoms with Gasteiger partial charge in [0.15, 0.2) is 5.65 Å². The molecule has 3 aromatic heterocycles. The first-order valence-electron chi connectivity index (χ1n) is 12.0. The monoisotopic (exact) mass is 501 g/mol. The van der Waals surface area contributed by atoms with Gasteiger partial charge in [0.05, 0.1) is 12.1 Å². The van der Waals surface area contributed by atoms with Crippen LogP contribution in [-0.2, 0) is 11.2 Å². The molecule has 2 aliphatic heterocycles. The van der Waals surface area contributed by atoms with Gasteiger partial charge in [-0.15, -0.1) is 0 Å². The van der Waals surface area contributed by atoms with Gasteiger partial charge in [-0.2, -0.15) is 0 Å². The Bertz CT molecular complexity index is 1520. The Balaban J connectivity index is 0.000000892. The number of aromatic amines is 1. The molecule has 0 amide bonds. The number of anilines is 1. The number of nitrogens with zero attached hydrogens (tertiary/aromatic N) is 5. The van der Waals surface area contributed by atoms with Crippen molar-refractivity contribution in [2.45, 2.75) is 32.2 Å². The minimum atomic E-state index is -0.500. The summed E-state index contributed by atoms with van der Waals surface area (Å²) >= 11 is 0. The number of ether oxygens (including phenoxy) is 1. The van der Waals surface area contributed by atoms with E-state index in [4.69, 9.17) is 14.6 Å². The average molecular weight is 502 g/mol. The molecule has 0 saturated carbocycles. The molecule has 4 aromatic rings. The first kappa shape index (κ1) is 24.2. The minimum absolute atomic E-state index is 0.0845. The van der Waals surface area contributed by atoms with Crippen molar-refractivity contribution in [2.24, 2.45) is 0 Å². The lowest BCUT2D eigenvalue weighted by Crippen LogP contribution is -2.37. The Morgan fingerprint density at radius 3 is 2.76 bits per heavy atom. The van der Waals surface area contributed by atoms with Crippen molar-refractivity contribution in [3.05, 3.63) is 75.7 Å². The molecule has 2 aliphatic rings. The summed E-state index contributed by atoms with van der Waals surface area (Å²) in [5, 5.41) is 8.25. The number of hydrogen-bond donors (Lipinski definition) is 1. The van der Waals surface area contributed by atoms with Gasteiger partial charge in [0.25, 0.3) is 0 Å². The number of pyridine rings is 1. The highest BCUT2D eigenvalue weighted by molar-refractivity contribution is 6.08. The number of piperidine rings is 1. The van der Waals surface area contributed by atoms with Crippen LogP contribution in [0, 0.1) is 6.92 Å². The molecule has 0 radical (unpaired) electrons. The van der Waals surface area contributed by atoms with Crippen molar-refractivity contribution in [3.63, 3.8) is 0 Å². The summed E-state index contributed by atoms with van der Waals surface area (Å²) in [6.45, 7) is 3.57. The lowest BCUT2D eigenvalue weighted by molar-refractivity contribution is -0.283. The number of carbonyl (C=O) groups excluding carboxylic acids is 2. The zero-order chi connectivity index (χ0) is 25.9. The summed E-state index contributed by atoms with van der Waals surface area (Å²) in [5.41, 5.74) is 4.36. The molecule has 5 heterocycles. The number of ketones is 1. The maximum Gasteiger partial charge on any atom is 0.327 e. The first-order chi connectivity index (χ1) is 18.0. The van der Waals surface area contributed by atoms with E-state index in [9.17, 15) is 9.59 Å². The quantitative estimate of drug-likeness (QED) is 0.322. The molecule has 37 heavy (non-hydrogen) atoms. The summed E-state index contributed by atoms with van der Waals surface area (Å²) in [5.74, 6) is 1.51. The van der Waals surface area contributed by atoms with Crippen LogP contribution in [0.2, 0.25) is 0 Å². The van der Waals surface area contributed by atoms with Crippen molar-refractivity contribution in [1.82, 2.24) is 24.5 Å². The molecule has 6 rings (SSSR count). The summed E-state index contributed by atoms with van der Waals surface area (Å²) < 4.78 is 7.48. The van der Waals surface area contributed by atoms with Crippen LogP contribution in [0.5, 0.6) is 5.75 Å². The molecular formula is C26H25N6O5-. The number of aryl methyl sites for hydroxylation is 1. The maximum atomic E-state index is 13.2. The van der Waals surface area contributed by atoms with Crippen LogP contribution in [-0.4, -0.2) is 56.5 Å². The van der Waals surface area contributed by atoms with E-state index in [2.05, 4.69) is 24.8 Å². The second-order valence-corrected chi connectivity index (χ2v) is 8.96. The van der Waals surface area contributed by atoms with E-state index in [1.165, 1.54) is 6.33 Å². The lowest BCUT2D eigenvalue weighted by Gasteiger charge is -2.33. The standard InChI is InChI=1S/C25H24N6O3.CH2O2/c1-15-11-17(12-16-6-10-34-23(15)16)22(32)19-13-21(28-14-27-19)30-8-4-18(5-9-30)31-20-3-2-7-26-24(20)29-25(31)33;2-1-3/h2-3,7,11-14,18H,4-6,8-10H2,1H3,(H,26,29,33);1H,(H,2,3)/p-1. The van der Waals surface area contributed by atoms with Crippen LogP contribution in [0.4, 0.5) is 5.82 Å². The van der Waals surface area contributed by atoms with E-state index in [-0.39, 0.29) is 17.5 Å². The van der Waals surface area contributed by atoms with Gasteiger partial charge in [0, 0.05) is 49.9 Å². The number of carboxylic acid groups (broad SMARTS) is 1. The molecular weight excluding hydrogens is 476 g/mol. The van der Waals surface area contributed by atoms with Gasteiger partial charge in [-0.25, -0.2) is 19.7 Å². The number of rotatable bonds is 4. The topological polar surface area (TPSA) is 146 Å². The van der Waals surface area contributed by atoms with Crippen LogP contribution in [0.25, 0.3) is 11.2 Å². The zero-order valence-electron chi connectivity index (χ0n) is 20.2. The summed E-state index contributed by atoms with van der Waals surface area (Å²) in [7, 11) is 0. The Hall–Kier alpha value is -4.54. The maximum absolute atomic E-state index is 13.2. The van der Waals surface area contributed by atoms with Gasteiger partial charge >= 0.3 is 5.69 Å². The van der Waals surface area contributed by atoms with Gasteiger partial charge in [0.1, 0.15) is 23.6 Å². The van der Waals surface area contributed by atoms with Gasteiger partial charge in [-0.3, -0.25) is 14.3 Å². The predicted molar refractivity (Wildman–Crippen MR) is 133 cm³/mol. The third kappa shape index (κ3) is 4.67. The second kappa shape index (κ2) is 10.2. The molecule has 1 saturated heterocycles. The summed E-state index contributed by atoms with van der Waals surface area (Å²) in [6, 6.07) is 9.40. The Labute approximate surface area is 211 Å².